The lowest BCUT2D eigenvalue weighted by Crippen LogP contribution is -2.56. The van der Waals surface area contributed by atoms with Crippen LogP contribution in [0.3, 0.4) is 0 Å². The van der Waals surface area contributed by atoms with Gasteiger partial charge in [-0.1, -0.05) is 13.8 Å². The van der Waals surface area contributed by atoms with E-state index in [9.17, 15) is 18.0 Å². The molecule has 9 heteroatoms. The fraction of sp³-hybridized carbons (Fsp3) is 0.818. The Balaban J connectivity index is 2.74. The van der Waals surface area contributed by atoms with Crippen LogP contribution in [-0.4, -0.2) is 67.3 Å². The molecule has 1 fully saturated rings. The summed E-state index contributed by atoms with van der Waals surface area (Å²) in [6.45, 7) is 3.93. The molecule has 0 bridgehead atoms. The minimum absolute atomic E-state index is 0.124. The van der Waals surface area contributed by atoms with Crippen molar-refractivity contribution in [1.29, 1.82) is 0 Å². The molecule has 1 amide bonds. The van der Waals surface area contributed by atoms with Crippen LogP contribution in [0.1, 0.15) is 20.3 Å². The highest BCUT2D eigenvalue weighted by atomic mass is 32.2. The first-order valence-corrected chi connectivity index (χ1v) is 7.98. The minimum atomic E-state index is -3.73. The first-order chi connectivity index (χ1) is 9.27. The van der Waals surface area contributed by atoms with Crippen LogP contribution in [0.15, 0.2) is 0 Å². The Labute approximate surface area is 118 Å². The Morgan fingerprint density at radius 2 is 1.95 bits per heavy atom. The number of hydrogen-bond acceptors (Lipinski definition) is 5. The Kier molecular flexibility index (Phi) is 5.49. The summed E-state index contributed by atoms with van der Waals surface area (Å²) in [5.74, 6) is -2.81. The molecule has 0 aromatic rings. The number of carbonyl (C=O) groups is 2. The highest BCUT2D eigenvalue weighted by molar-refractivity contribution is 7.89. The minimum Gasteiger partial charge on any atom is -0.479 e. The molecule has 1 aliphatic rings. The zero-order valence-corrected chi connectivity index (χ0v) is 12.4. The van der Waals surface area contributed by atoms with E-state index >= 15 is 0 Å². The van der Waals surface area contributed by atoms with E-state index in [0.29, 0.717) is 0 Å². The van der Waals surface area contributed by atoms with Crippen LogP contribution in [0.25, 0.3) is 0 Å². The first kappa shape index (κ1) is 16.9. The maximum atomic E-state index is 11.9. The smallest absolute Gasteiger partial charge is 0.331 e. The number of aliphatic carboxylic acids is 1. The fourth-order valence-electron chi connectivity index (χ4n) is 2.06. The van der Waals surface area contributed by atoms with E-state index < -0.39 is 33.2 Å². The quantitative estimate of drug-likeness (QED) is 0.625. The van der Waals surface area contributed by atoms with Crippen molar-refractivity contribution in [2.75, 3.05) is 32.1 Å². The molecule has 0 aliphatic carbocycles. The Bertz CT molecular complexity index is 465. The zero-order chi connectivity index (χ0) is 15.4. The van der Waals surface area contributed by atoms with Gasteiger partial charge in [0.05, 0.1) is 6.61 Å². The number of nitrogens with one attached hydrogen (secondary N) is 1. The molecule has 1 atom stereocenters. The predicted molar refractivity (Wildman–Crippen MR) is 70.7 cm³/mol. The van der Waals surface area contributed by atoms with Gasteiger partial charge in [0.25, 0.3) is 0 Å². The van der Waals surface area contributed by atoms with Crippen LogP contribution in [0.4, 0.5) is 0 Å². The summed E-state index contributed by atoms with van der Waals surface area (Å²) in [6.07, 6.45) is 0.124. The van der Waals surface area contributed by atoms with Crippen molar-refractivity contribution >= 4 is 21.9 Å². The topological polar surface area (TPSA) is 113 Å². The third-order valence-corrected chi connectivity index (χ3v) is 5.15. The summed E-state index contributed by atoms with van der Waals surface area (Å²) in [5.41, 5.74) is -1.52. The van der Waals surface area contributed by atoms with Gasteiger partial charge < -0.3 is 15.2 Å². The summed E-state index contributed by atoms with van der Waals surface area (Å²) in [7, 11) is -3.73. The molecule has 0 spiro atoms. The molecule has 0 aromatic carbocycles. The Hall–Kier alpha value is -1.19. The maximum absolute atomic E-state index is 11.9. The van der Waals surface area contributed by atoms with E-state index in [1.807, 2.05) is 0 Å². The second kappa shape index (κ2) is 6.51. The molecule has 1 aliphatic heterocycles. The number of rotatable bonds is 7. The third kappa shape index (κ3) is 3.68. The van der Waals surface area contributed by atoms with Gasteiger partial charge in [-0.05, 0) is 0 Å². The monoisotopic (exact) mass is 308 g/mol. The van der Waals surface area contributed by atoms with Gasteiger partial charge in [0, 0.05) is 26.1 Å². The Morgan fingerprint density at radius 1 is 1.35 bits per heavy atom. The second-order valence-electron chi connectivity index (χ2n) is 4.58. The lowest BCUT2D eigenvalue weighted by molar-refractivity contribution is -0.147. The van der Waals surface area contributed by atoms with E-state index in [4.69, 9.17) is 9.84 Å². The molecular weight excluding hydrogens is 288 g/mol. The van der Waals surface area contributed by atoms with E-state index in [-0.39, 0.29) is 32.7 Å². The molecule has 116 valence electrons. The van der Waals surface area contributed by atoms with Gasteiger partial charge in [-0.25, -0.2) is 17.5 Å². The van der Waals surface area contributed by atoms with Crippen molar-refractivity contribution < 1.29 is 27.9 Å². The van der Waals surface area contributed by atoms with Gasteiger partial charge in [-0.15, -0.1) is 0 Å². The van der Waals surface area contributed by atoms with Crippen molar-refractivity contribution in [2.24, 2.45) is 0 Å². The number of carboxylic acid groups (broad SMARTS) is 1. The van der Waals surface area contributed by atoms with E-state index in [0.717, 1.165) is 4.31 Å². The molecule has 0 radical (unpaired) electrons. The molecule has 0 saturated carbocycles. The zero-order valence-electron chi connectivity index (χ0n) is 11.6. The van der Waals surface area contributed by atoms with Crippen molar-refractivity contribution in [1.82, 2.24) is 9.62 Å². The number of sulfonamides is 1. The van der Waals surface area contributed by atoms with Crippen molar-refractivity contribution in [2.45, 2.75) is 25.8 Å². The molecule has 8 nitrogen and oxygen atoms in total. The first-order valence-electron chi connectivity index (χ1n) is 6.37. The molecule has 20 heavy (non-hydrogen) atoms. The van der Waals surface area contributed by atoms with Crippen molar-refractivity contribution in [3.8, 4) is 0 Å². The van der Waals surface area contributed by atoms with Gasteiger partial charge in [-0.3, -0.25) is 4.79 Å². The average molecular weight is 308 g/mol. The lowest BCUT2D eigenvalue weighted by atomic mass is 9.99. The summed E-state index contributed by atoms with van der Waals surface area (Å²) in [6, 6.07) is 0. The fourth-order valence-corrected chi connectivity index (χ4v) is 3.44. The van der Waals surface area contributed by atoms with E-state index in [2.05, 4.69) is 5.32 Å². The van der Waals surface area contributed by atoms with Gasteiger partial charge in [0.2, 0.25) is 15.9 Å². The number of ether oxygens (including phenoxy) is 1. The molecule has 1 saturated heterocycles. The van der Waals surface area contributed by atoms with E-state index in [1.165, 1.54) is 0 Å². The highest BCUT2D eigenvalue weighted by Gasteiger charge is 2.44. The van der Waals surface area contributed by atoms with Crippen LogP contribution in [0.2, 0.25) is 0 Å². The van der Waals surface area contributed by atoms with Gasteiger partial charge >= 0.3 is 5.97 Å². The summed E-state index contributed by atoms with van der Waals surface area (Å²) >= 11 is 0. The molecule has 1 heterocycles. The second-order valence-corrected chi connectivity index (χ2v) is 6.55. The lowest BCUT2D eigenvalue weighted by Gasteiger charge is -2.24. The number of amides is 1. The van der Waals surface area contributed by atoms with Crippen LogP contribution >= 0.6 is 0 Å². The van der Waals surface area contributed by atoms with Crippen molar-refractivity contribution in [3.63, 3.8) is 0 Å². The maximum Gasteiger partial charge on any atom is 0.331 e. The van der Waals surface area contributed by atoms with Crippen LogP contribution < -0.4 is 5.32 Å². The molecule has 1 rings (SSSR count). The summed E-state index contributed by atoms with van der Waals surface area (Å²) < 4.78 is 30.0. The average Bonchev–Trinajstić information content (AvgIpc) is 2.78. The SMILES string of the molecule is CCN(CC)S(=O)(=O)CC(=O)NC1(C(=O)O)CCOC1. The standard InChI is InChI=1S/C11H20N2O6S/c1-3-13(4-2)20(17,18)7-9(14)12-11(10(15)16)5-6-19-8-11/h3-8H2,1-2H3,(H,12,14)(H,15,16). The summed E-state index contributed by atoms with van der Waals surface area (Å²) in [4.78, 5) is 23.0. The largest absolute Gasteiger partial charge is 0.479 e. The molecule has 2 N–H and O–H groups in total. The van der Waals surface area contributed by atoms with Crippen molar-refractivity contribution in [3.05, 3.63) is 0 Å². The van der Waals surface area contributed by atoms with Crippen LogP contribution in [0.5, 0.6) is 0 Å². The molecular formula is C11H20N2O6S. The Morgan fingerprint density at radius 3 is 2.35 bits per heavy atom. The predicted octanol–water partition coefficient (Wildman–Crippen LogP) is -0.982. The number of carbonyl (C=O) groups excluding carboxylic acids is 1. The van der Waals surface area contributed by atoms with Crippen LogP contribution in [0, 0.1) is 0 Å². The normalized spacial score (nSPS) is 22.9. The van der Waals surface area contributed by atoms with Gasteiger partial charge in [-0.2, -0.15) is 0 Å². The van der Waals surface area contributed by atoms with E-state index in [1.54, 1.807) is 13.8 Å². The highest BCUT2D eigenvalue weighted by Crippen LogP contribution is 2.19. The van der Waals surface area contributed by atoms with Crippen LogP contribution in [-0.2, 0) is 24.3 Å². The number of carboxylic acids is 1. The third-order valence-electron chi connectivity index (χ3n) is 3.22. The molecule has 1 unspecified atom stereocenters. The number of hydrogen-bond donors (Lipinski definition) is 2. The number of nitrogens with zero attached hydrogens (tertiary/aromatic N) is 1. The van der Waals surface area contributed by atoms with Gasteiger partial charge in [0.1, 0.15) is 5.75 Å². The molecule has 0 aromatic heterocycles. The summed E-state index contributed by atoms with van der Waals surface area (Å²) in [5, 5.41) is 11.4. The van der Waals surface area contributed by atoms with Gasteiger partial charge in [0.15, 0.2) is 5.54 Å².